The average molecular weight is 435 g/mol. The van der Waals surface area contributed by atoms with E-state index in [1.807, 2.05) is 45.0 Å². The zero-order valence-corrected chi connectivity index (χ0v) is 19.5. The van der Waals surface area contributed by atoms with E-state index in [4.69, 9.17) is 5.10 Å². The molecule has 32 heavy (non-hydrogen) atoms. The zero-order chi connectivity index (χ0) is 22.5. The molecule has 2 aromatic rings. The summed E-state index contributed by atoms with van der Waals surface area (Å²) in [6.07, 6.45) is 9.05. The SMILES string of the molecule is Cc1ccc(C)c(N2C(=O)c3cc(C4CC4)nn3C[C@]2(C)C(=O)NC2CCCCCC2)c1. The Morgan fingerprint density at radius 1 is 1.06 bits per heavy atom. The van der Waals surface area contributed by atoms with E-state index in [1.165, 1.54) is 12.8 Å². The molecule has 0 saturated heterocycles. The average Bonchev–Trinajstić information content (AvgIpc) is 3.56. The van der Waals surface area contributed by atoms with Crippen LogP contribution in [0.2, 0.25) is 0 Å². The molecule has 0 spiro atoms. The number of hydrogen-bond donors (Lipinski definition) is 1. The Morgan fingerprint density at radius 3 is 2.47 bits per heavy atom. The summed E-state index contributed by atoms with van der Waals surface area (Å²) in [6, 6.07) is 8.23. The maximum Gasteiger partial charge on any atom is 0.277 e. The standard InChI is InChI=1S/C26H34N4O2/c1-17-10-11-18(2)22(14-17)30-24(31)23-15-21(19-12-13-19)28-29(23)16-26(30,3)25(32)27-20-8-6-4-5-7-9-20/h10-11,14-15,19-20H,4-9,12-13,16H2,1-3H3,(H,27,32)/t26-/m1/s1. The van der Waals surface area contributed by atoms with Crippen LogP contribution in [-0.2, 0) is 11.3 Å². The van der Waals surface area contributed by atoms with Crippen molar-refractivity contribution < 1.29 is 9.59 Å². The highest BCUT2D eigenvalue weighted by molar-refractivity contribution is 6.12. The fourth-order valence-corrected chi connectivity index (χ4v) is 5.28. The number of carbonyl (C=O) groups is 2. The van der Waals surface area contributed by atoms with E-state index in [0.29, 0.717) is 18.2 Å². The molecule has 2 fully saturated rings. The van der Waals surface area contributed by atoms with Gasteiger partial charge in [0.15, 0.2) is 0 Å². The van der Waals surface area contributed by atoms with Gasteiger partial charge in [-0.05, 0) is 69.7 Å². The summed E-state index contributed by atoms with van der Waals surface area (Å²) in [5, 5.41) is 8.08. The zero-order valence-electron chi connectivity index (χ0n) is 19.5. The number of nitrogens with zero attached hydrogens (tertiary/aromatic N) is 3. The molecule has 1 aliphatic heterocycles. The molecule has 1 atom stereocenters. The van der Waals surface area contributed by atoms with Crippen LogP contribution < -0.4 is 10.2 Å². The van der Waals surface area contributed by atoms with E-state index in [2.05, 4.69) is 5.32 Å². The number of benzene rings is 1. The number of anilines is 1. The third-order valence-corrected chi connectivity index (χ3v) is 7.45. The Bertz CT molecular complexity index is 1050. The van der Waals surface area contributed by atoms with Gasteiger partial charge in [-0.2, -0.15) is 5.10 Å². The van der Waals surface area contributed by atoms with Crippen LogP contribution in [0.5, 0.6) is 0 Å². The molecule has 2 aliphatic carbocycles. The van der Waals surface area contributed by atoms with Gasteiger partial charge in [0.25, 0.3) is 5.91 Å². The molecule has 0 bridgehead atoms. The van der Waals surface area contributed by atoms with E-state index in [9.17, 15) is 9.59 Å². The molecule has 2 saturated carbocycles. The summed E-state index contributed by atoms with van der Waals surface area (Å²) in [5.41, 5.74) is 3.42. The number of hydrogen-bond acceptors (Lipinski definition) is 3. The second-order valence-electron chi connectivity index (χ2n) is 10.3. The fraction of sp³-hybridized carbons (Fsp3) is 0.577. The van der Waals surface area contributed by atoms with Crippen molar-refractivity contribution in [3.63, 3.8) is 0 Å². The monoisotopic (exact) mass is 434 g/mol. The molecule has 1 N–H and O–H groups in total. The Kier molecular flexibility index (Phi) is 5.34. The van der Waals surface area contributed by atoms with Crippen LogP contribution in [0.15, 0.2) is 24.3 Å². The first kappa shape index (κ1) is 21.2. The lowest BCUT2D eigenvalue weighted by Gasteiger charge is -2.44. The van der Waals surface area contributed by atoms with Crippen LogP contribution in [0.25, 0.3) is 0 Å². The summed E-state index contributed by atoms with van der Waals surface area (Å²) in [6.45, 7) is 6.30. The molecule has 0 radical (unpaired) electrons. The van der Waals surface area contributed by atoms with Gasteiger partial charge < -0.3 is 5.32 Å². The lowest BCUT2D eigenvalue weighted by atomic mass is 9.92. The van der Waals surface area contributed by atoms with Crippen LogP contribution in [0.3, 0.4) is 0 Å². The van der Waals surface area contributed by atoms with Gasteiger partial charge in [0.2, 0.25) is 5.91 Å². The van der Waals surface area contributed by atoms with Gasteiger partial charge in [-0.1, -0.05) is 37.8 Å². The molecule has 6 nitrogen and oxygen atoms in total. The van der Waals surface area contributed by atoms with Crippen molar-refractivity contribution in [3.05, 3.63) is 46.8 Å². The highest BCUT2D eigenvalue weighted by atomic mass is 16.2. The highest BCUT2D eigenvalue weighted by Crippen LogP contribution is 2.41. The van der Waals surface area contributed by atoms with Crippen molar-refractivity contribution in [2.45, 2.75) is 96.2 Å². The molecule has 1 aromatic heterocycles. The normalized spacial score (nSPS) is 24.2. The number of aromatic nitrogens is 2. The van der Waals surface area contributed by atoms with E-state index in [1.54, 1.807) is 9.58 Å². The number of rotatable bonds is 4. The molecular weight excluding hydrogens is 400 g/mol. The van der Waals surface area contributed by atoms with Gasteiger partial charge in [-0.3, -0.25) is 19.2 Å². The minimum absolute atomic E-state index is 0.0761. The first-order chi connectivity index (χ1) is 15.4. The van der Waals surface area contributed by atoms with Crippen molar-refractivity contribution in [1.82, 2.24) is 15.1 Å². The summed E-state index contributed by atoms with van der Waals surface area (Å²) >= 11 is 0. The van der Waals surface area contributed by atoms with E-state index >= 15 is 0 Å². The van der Waals surface area contributed by atoms with Gasteiger partial charge in [0, 0.05) is 17.6 Å². The molecule has 6 heteroatoms. The topological polar surface area (TPSA) is 67.2 Å². The second-order valence-corrected chi connectivity index (χ2v) is 10.3. The van der Waals surface area contributed by atoms with Gasteiger partial charge in [-0.25, -0.2) is 0 Å². The third-order valence-electron chi connectivity index (χ3n) is 7.45. The third kappa shape index (κ3) is 3.74. The molecule has 5 rings (SSSR count). The summed E-state index contributed by atoms with van der Waals surface area (Å²) < 4.78 is 1.78. The first-order valence-electron chi connectivity index (χ1n) is 12.2. The van der Waals surface area contributed by atoms with Crippen molar-refractivity contribution in [3.8, 4) is 0 Å². The lowest BCUT2D eigenvalue weighted by molar-refractivity contribution is -0.127. The van der Waals surface area contributed by atoms with Gasteiger partial charge in [0.05, 0.1) is 12.2 Å². The minimum atomic E-state index is -1.04. The molecule has 2 amide bonds. The maximum atomic E-state index is 13.9. The smallest absolute Gasteiger partial charge is 0.277 e. The van der Waals surface area contributed by atoms with E-state index < -0.39 is 5.54 Å². The van der Waals surface area contributed by atoms with Gasteiger partial charge in [0.1, 0.15) is 11.2 Å². The van der Waals surface area contributed by atoms with Crippen LogP contribution >= 0.6 is 0 Å². The maximum absolute atomic E-state index is 13.9. The lowest BCUT2D eigenvalue weighted by Crippen LogP contribution is -2.65. The van der Waals surface area contributed by atoms with Crippen molar-refractivity contribution >= 4 is 17.5 Å². The first-order valence-corrected chi connectivity index (χ1v) is 12.2. The molecule has 3 aliphatic rings. The van der Waals surface area contributed by atoms with Crippen molar-refractivity contribution in [1.29, 1.82) is 0 Å². The number of aryl methyl sites for hydroxylation is 2. The molecule has 2 heterocycles. The number of amides is 2. The van der Waals surface area contributed by atoms with Crippen LogP contribution in [0.1, 0.15) is 91.5 Å². The van der Waals surface area contributed by atoms with E-state index in [-0.39, 0.29) is 17.9 Å². The largest absolute Gasteiger partial charge is 0.351 e. The quantitative estimate of drug-likeness (QED) is 0.713. The Morgan fingerprint density at radius 2 is 1.78 bits per heavy atom. The molecular formula is C26H34N4O2. The van der Waals surface area contributed by atoms with Gasteiger partial charge in [-0.15, -0.1) is 0 Å². The van der Waals surface area contributed by atoms with Crippen molar-refractivity contribution in [2.24, 2.45) is 0 Å². The Hall–Kier alpha value is -2.63. The van der Waals surface area contributed by atoms with Crippen molar-refractivity contribution in [2.75, 3.05) is 4.90 Å². The number of carbonyl (C=O) groups excluding carboxylic acids is 2. The molecule has 1 aromatic carbocycles. The Labute approximate surface area is 190 Å². The second kappa shape index (κ2) is 8.05. The predicted molar refractivity (Wildman–Crippen MR) is 125 cm³/mol. The molecule has 0 unspecified atom stereocenters. The summed E-state index contributed by atoms with van der Waals surface area (Å²) in [4.78, 5) is 29.5. The van der Waals surface area contributed by atoms with Gasteiger partial charge >= 0.3 is 0 Å². The summed E-state index contributed by atoms with van der Waals surface area (Å²) in [5.74, 6) is 0.247. The van der Waals surface area contributed by atoms with Crippen LogP contribution in [0.4, 0.5) is 5.69 Å². The predicted octanol–water partition coefficient (Wildman–Crippen LogP) is 4.64. The molecule has 170 valence electrons. The van der Waals surface area contributed by atoms with Crippen LogP contribution in [0, 0.1) is 13.8 Å². The number of nitrogens with one attached hydrogen (secondary N) is 1. The minimum Gasteiger partial charge on any atom is -0.351 e. The van der Waals surface area contributed by atoms with E-state index in [0.717, 1.165) is 61.0 Å². The Balaban J connectivity index is 1.55. The number of fused-ring (bicyclic) bond motifs is 1. The highest BCUT2D eigenvalue weighted by Gasteiger charge is 2.50. The van der Waals surface area contributed by atoms with Crippen LogP contribution in [-0.4, -0.2) is 33.2 Å². The summed E-state index contributed by atoms with van der Waals surface area (Å²) in [7, 11) is 0. The fourth-order valence-electron chi connectivity index (χ4n) is 5.28.